The molecule has 0 saturated heterocycles. The van der Waals surface area contributed by atoms with Gasteiger partial charge in [-0.25, -0.2) is 0 Å². The summed E-state index contributed by atoms with van der Waals surface area (Å²) in [6.45, 7) is 5.12. The Balaban J connectivity index is 1.76. The average molecular weight is 260 g/mol. The van der Waals surface area contributed by atoms with Gasteiger partial charge in [-0.05, 0) is 48.3 Å². The summed E-state index contributed by atoms with van der Waals surface area (Å²) in [6.07, 6.45) is 3.21. The van der Waals surface area contributed by atoms with E-state index in [2.05, 4.69) is 19.2 Å². The number of nitrogen functional groups attached to an aromatic ring is 1. The molecule has 3 nitrogen and oxygen atoms in total. The number of carbonyl (C=O) groups excluding carboxylic acids is 1. The molecule has 0 aromatic heterocycles. The highest BCUT2D eigenvalue weighted by molar-refractivity contribution is 5.76. The van der Waals surface area contributed by atoms with Crippen molar-refractivity contribution in [1.29, 1.82) is 0 Å². The van der Waals surface area contributed by atoms with Crippen LogP contribution in [0.1, 0.15) is 44.6 Å². The average Bonchev–Trinajstić information content (AvgIpc) is 3.21. The van der Waals surface area contributed by atoms with Crippen molar-refractivity contribution in [3.63, 3.8) is 0 Å². The lowest BCUT2D eigenvalue weighted by Gasteiger charge is -2.14. The highest BCUT2D eigenvalue weighted by Crippen LogP contribution is 2.36. The van der Waals surface area contributed by atoms with Crippen LogP contribution in [0.5, 0.6) is 0 Å². The number of hydrogen-bond acceptors (Lipinski definition) is 2. The van der Waals surface area contributed by atoms with Crippen LogP contribution in [-0.2, 0) is 4.79 Å². The first kappa shape index (κ1) is 13.9. The van der Waals surface area contributed by atoms with E-state index in [0.717, 1.165) is 18.2 Å². The minimum Gasteiger partial charge on any atom is -0.399 e. The van der Waals surface area contributed by atoms with Crippen molar-refractivity contribution in [2.45, 2.75) is 39.0 Å². The molecule has 1 saturated carbocycles. The van der Waals surface area contributed by atoms with Gasteiger partial charge < -0.3 is 11.1 Å². The number of rotatable bonds is 6. The zero-order valence-electron chi connectivity index (χ0n) is 11.9. The minimum atomic E-state index is 0.150. The maximum atomic E-state index is 11.9. The van der Waals surface area contributed by atoms with Gasteiger partial charge in [0.05, 0.1) is 0 Å². The molecule has 0 heterocycles. The van der Waals surface area contributed by atoms with Crippen molar-refractivity contribution in [2.75, 3.05) is 12.3 Å². The summed E-state index contributed by atoms with van der Waals surface area (Å²) in [5.41, 5.74) is 7.59. The van der Waals surface area contributed by atoms with Gasteiger partial charge in [0, 0.05) is 18.7 Å². The number of nitrogens with two attached hydrogens (primary N) is 1. The standard InChI is InChI=1S/C16H24N2O/c1-11(13-5-7-15(17)8-6-13)9-16(19)18-10-12(2)14-3-4-14/h5-8,11-12,14H,3-4,9-10,17H2,1-2H3,(H,18,19). The molecule has 2 rings (SSSR count). The van der Waals surface area contributed by atoms with Gasteiger partial charge in [0.25, 0.3) is 0 Å². The Kier molecular flexibility index (Phi) is 4.46. The Hall–Kier alpha value is -1.51. The summed E-state index contributed by atoms with van der Waals surface area (Å²) in [7, 11) is 0. The largest absolute Gasteiger partial charge is 0.399 e. The van der Waals surface area contributed by atoms with Crippen LogP contribution >= 0.6 is 0 Å². The van der Waals surface area contributed by atoms with Crippen molar-refractivity contribution < 1.29 is 4.79 Å². The van der Waals surface area contributed by atoms with Crippen LogP contribution in [0.15, 0.2) is 24.3 Å². The molecule has 3 N–H and O–H groups in total. The van der Waals surface area contributed by atoms with E-state index in [4.69, 9.17) is 5.73 Å². The fraction of sp³-hybridized carbons (Fsp3) is 0.562. The second-order valence-corrected chi connectivity index (χ2v) is 5.89. The third kappa shape index (κ3) is 4.27. The molecule has 104 valence electrons. The first-order valence-corrected chi connectivity index (χ1v) is 7.18. The molecular weight excluding hydrogens is 236 g/mol. The third-order valence-corrected chi connectivity index (χ3v) is 4.05. The van der Waals surface area contributed by atoms with Crippen molar-refractivity contribution in [3.8, 4) is 0 Å². The van der Waals surface area contributed by atoms with E-state index >= 15 is 0 Å². The highest BCUT2D eigenvalue weighted by atomic mass is 16.1. The summed E-state index contributed by atoms with van der Waals surface area (Å²) in [6, 6.07) is 7.78. The van der Waals surface area contributed by atoms with Crippen LogP contribution in [0.3, 0.4) is 0 Å². The molecule has 0 spiro atoms. The lowest BCUT2D eigenvalue weighted by atomic mass is 9.97. The van der Waals surface area contributed by atoms with E-state index in [0.29, 0.717) is 12.3 Å². The number of carbonyl (C=O) groups is 1. The summed E-state index contributed by atoms with van der Waals surface area (Å²) in [5, 5.41) is 3.05. The van der Waals surface area contributed by atoms with Gasteiger partial charge in [0.15, 0.2) is 0 Å². The Morgan fingerprint density at radius 2 is 1.95 bits per heavy atom. The summed E-state index contributed by atoms with van der Waals surface area (Å²) in [5.74, 6) is 1.85. The van der Waals surface area contributed by atoms with Crippen LogP contribution < -0.4 is 11.1 Å². The second kappa shape index (κ2) is 6.09. The van der Waals surface area contributed by atoms with Crippen molar-refractivity contribution in [3.05, 3.63) is 29.8 Å². The van der Waals surface area contributed by atoms with E-state index < -0.39 is 0 Å². The molecule has 1 aliphatic carbocycles. The molecule has 1 fully saturated rings. The van der Waals surface area contributed by atoms with Gasteiger partial charge in [-0.1, -0.05) is 26.0 Å². The van der Waals surface area contributed by atoms with Crippen molar-refractivity contribution in [1.82, 2.24) is 5.32 Å². The van der Waals surface area contributed by atoms with Gasteiger partial charge in [-0.3, -0.25) is 4.79 Å². The first-order valence-electron chi connectivity index (χ1n) is 7.18. The normalized spacial score (nSPS) is 17.8. The molecule has 1 aromatic rings. The number of anilines is 1. The third-order valence-electron chi connectivity index (χ3n) is 4.05. The highest BCUT2D eigenvalue weighted by Gasteiger charge is 2.27. The number of amides is 1. The van der Waals surface area contributed by atoms with Crippen molar-refractivity contribution >= 4 is 11.6 Å². The van der Waals surface area contributed by atoms with Gasteiger partial charge in [0.2, 0.25) is 5.91 Å². The van der Waals surface area contributed by atoms with Gasteiger partial charge in [0.1, 0.15) is 0 Å². The predicted octanol–water partition coefficient (Wildman–Crippen LogP) is 2.92. The molecular formula is C16H24N2O. The van der Waals surface area contributed by atoms with Gasteiger partial charge in [-0.2, -0.15) is 0 Å². The zero-order chi connectivity index (χ0) is 13.8. The summed E-state index contributed by atoms with van der Waals surface area (Å²) >= 11 is 0. The Labute approximate surface area is 115 Å². The van der Waals surface area contributed by atoms with Crippen LogP contribution in [0.25, 0.3) is 0 Å². The molecule has 19 heavy (non-hydrogen) atoms. The molecule has 0 radical (unpaired) electrons. The molecule has 1 amide bonds. The fourth-order valence-corrected chi connectivity index (χ4v) is 2.40. The molecule has 2 atom stereocenters. The van der Waals surface area contributed by atoms with E-state index in [-0.39, 0.29) is 11.8 Å². The lowest BCUT2D eigenvalue weighted by molar-refractivity contribution is -0.121. The first-order chi connectivity index (χ1) is 9.06. The smallest absolute Gasteiger partial charge is 0.220 e. The number of hydrogen-bond donors (Lipinski definition) is 2. The maximum absolute atomic E-state index is 11.9. The van der Waals surface area contributed by atoms with Crippen LogP contribution in [-0.4, -0.2) is 12.5 Å². The van der Waals surface area contributed by atoms with E-state index in [1.54, 1.807) is 0 Å². The molecule has 0 bridgehead atoms. The van der Waals surface area contributed by atoms with Crippen molar-refractivity contribution in [2.24, 2.45) is 11.8 Å². The van der Waals surface area contributed by atoms with Crippen LogP contribution in [0, 0.1) is 11.8 Å². The molecule has 1 aliphatic rings. The molecule has 0 aliphatic heterocycles. The topological polar surface area (TPSA) is 55.1 Å². The number of nitrogens with one attached hydrogen (secondary N) is 1. The van der Waals surface area contributed by atoms with E-state index in [9.17, 15) is 4.79 Å². The molecule has 2 unspecified atom stereocenters. The monoisotopic (exact) mass is 260 g/mol. The Morgan fingerprint density at radius 1 is 1.32 bits per heavy atom. The van der Waals surface area contributed by atoms with Gasteiger partial charge in [-0.15, -0.1) is 0 Å². The molecule has 1 aromatic carbocycles. The van der Waals surface area contributed by atoms with E-state index in [1.165, 1.54) is 18.4 Å². The van der Waals surface area contributed by atoms with Crippen LogP contribution in [0.2, 0.25) is 0 Å². The van der Waals surface area contributed by atoms with Gasteiger partial charge >= 0.3 is 0 Å². The SMILES string of the molecule is CC(CC(=O)NCC(C)C1CC1)c1ccc(N)cc1. The predicted molar refractivity (Wildman–Crippen MR) is 78.8 cm³/mol. The van der Waals surface area contributed by atoms with E-state index in [1.807, 2.05) is 24.3 Å². The Bertz CT molecular complexity index is 423. The molecule has 3 heteroatoms. The Morgan fingerprint density at radius 3 is 2.53 bits per heavy atom. The maximum Gasteiger partial charge on any atom is 0.220 e. The fourth-order valence-electron chi connectivity index (χ4n) is 2.40. The van der Waals surface area contributed by atoms with Crippen LogP contribution in [0.4, 0.5) is 5.69 Å². The zero-order valence-corrected chi connectivity index (χ0v) is 11.9. The minimum absolute atomic E-state index is 0.150. The second-order valence-electron chi connectivity index (χ2n) is 5.89. The number of benzene rings is 1. The lowest BCUT2D eigenvalue weighted by Crippen LogP contribution is -2.29. The summed E-state index contributed by atoms with van der Waals surface area (Å²) in [4.78, 5) is 11.9. The summed E-state index contributed by atoms with van der Waals surface area (Å²) < 4.78 is 0. The quantitative estimate of drug-likeness (QED) is 0.773.